The minimum Gasteiger partial charge on any atom is -0.325 e. The first kappa shape index (κ1) is 17.1. The highest BCUT2D eigenvalue weighted by Crippen LogP contribution is 2.28. The van der Waals surface area contributed by atoms with Gasteiger partial charge in [0.1, 0.15) is 0 Å². The number of amides is 4. The lowest BCUT2D eigenvalue weighted by molar-refractivity contribution is -0.121. The highest BCUT2D eigenvalue weighted by molar-refractivity contribution is 7.09. The lowest BCUT2D eigenvalue weighted by Gasteiger charge is -2.26. The number of carbonyl (C=O) groups excluding carboxylic acids is 3. The predicted octanol–water partition coefficient (Wildman–Crippen LogP) is 2.39. The molecule has 4 amide bonds. The summed E-state index contributed by atoms with van der Waals surface area (Å²) in [5.41, 5.74) is 2.38. The van der Waals surface area contributed by atoms with Crippen LogP contribution in [-0.4, -0.2) is 40.8 Å². The molecule has 130 valence electrons. The molecule has 8 heteroatoms. The zero-order valence-corrected chi connectivity index (χ0v) is 14.6. The number of thiazole rings is 1. The Labute approximate surface area is 149 Å². The van der Waals surface area contributed by atoms with Crippen LogP contribution in [0.3, 0.4) is 0 Å². The van der Waals surface area contributed by atoms with E-state index >= 15 is 0 Å². The van der Waals surface area contributed by atoms with Gasteiger partial charge in [-0.3, -0.25) is 14.9 Å². The van der Waals surface area contributed by atoms with E-state index in [1.165, 1.54) is 4.90 Å². The van der Waals surface area contributed by atoms with Gasteiger partial charge in [-0.05, 0) is 13.0 Å². The van der Waals surface area contributed by atoms with Gasteiger partial charge < -0.3 is 10.2 Å². The molecule has 2 N–H and O–H groups in total. The maximum Gasteiger partial charge on any atom is 0.324 e. The van der Waals surface area contributed by atoms with Crippen molar-refractivity contribution in [3.8, 4) is 11.3 Å². The average molecular weight is 358 g/mol. The van der Waals surface area contributed by atoms with E-state index in [-0.39, 0.29) is 31.2 Å². The summed E-state index contributed by atoms with van der Waals surface area (Å²) >= 11 is 1.55. The van der Waals surface area contributed by atoms with Crippen molar-refractivity contribution in [2.45, 2.75) is 19.8 Å². The van der Waals surface area contributed by atoms with Crippen molar-refractivity contribution < 1.29 is 14.4 Å². The highest BCUT2D eigenvalue weighted by Gasteiger charge is 2.23. The summed E-state index contributed by atoms with van der Waals surface area (Å²) in [6.07, 6.45) is 0.422. The van der Waals surface area contributed by atoms with Crippen molar-refractivity contribution in [2.75, 3.05) is 18.4 Å². The number of nitrogens with one attached hydrogen (secondary N) is 2. The van der Waals surface area contributed by atoms with E-state index in [4.69, 9.17) is 0 Å². The van der Waals surface area contributed by atoms with Gasteiger partial charge in [0.15, 0.2) is 0 Å². The number of anilines is 1. The lowest BCUT2D eigenvalue weighted by atomic mass is 10.1. The topological polar surface area (TPSA) is 91.4 Å². The molecule has 1 fully saturated rings. The van der Waals surface area contributed by atoms with Crippen LogP contribution < -0.4 is 10.6 Å². The highest BCUT2D eigenvalue weighted by atomic mass is 32.1. The molecule has 7 nitrogen and oxygen atoms in total. The molecule has 25 heavy (non-hydrogen) atoms. The first-order chi connectivity index (χ1) is 12.0. The quantitative estimate of drug-likeness (QED) is 0.858. The number of imide groups is 1. The third-order valence-corrected chi connectivity index (χ3v) is 4.62. The molecule has 0 radical (unpaired) electrons. The molecule has 1 aliphatic heterocycles. The molecule has 2 heterocycles. The predicted molar refractivity (Wildman–Crippen MR) is 95.3 cm³/mol. The molecule has 0 bridgehead atoms. The van der Waals surface area contributed by atoms with Crippen LogP contribution >= 0.6 is 11.3 Å². The number of aromatic nitrogens is 1. The molecule has 0 spiro atoms. The van der Waals surface area contributed by atoms with Gasteiger partial charge in [0.25, 0.3) is 0 Å². The number of benzene rings is 1. The number of para-hydroxylation sites is 1. The summed E-state index contributed by atoms with van der Waals surface area (Å²) in [5, 5.41) is 8.04. The number of hydrogen-bond acceptors (Lipinski definition) is 5. The monoisotopic (exact) mass is 358 g/mol. The Kier molecular flexibility index (Phi) is 5.08. The van der Waals surface area contributed by atoms with Gasteiger partial charge >= 0.3 is 6.03 Å². The molecule has 0 saturated carbocycles. The smallest absolute Gasteiger partial charge is 0.324 e. The fourth-order valence-electron chi connectivity index (χ4n) is 2.56. The number of urea groups is 1. The average Bonchev–Trinajstić information content (AvgIpc) is 3.01. The van der Waals surface area contributed by atoms with E-state index in [1.54, 1.807) is 11.3 Å². The van der Waals surface area contributed by atoms with E-state index in [0.717, 1.165) is 16.3 Å². The van der Waals surface area contributed by atoms with Gasteiger partial charge in [-0.2, -0.15) is 0 Å². The Morgan fingerprint density at radius 2 is 2.16 bits per heavy atom. The maximum absolute atomic E-state index is 12.3. The molecular weight excluding hydrogens is 340 g/mol. The van der Waals surface area contributed by atoms with Crippen LogP contribution in [0.2, 0.25) is 0 Å². The molecule has 1 aromatic heterocycles. The summed E-state index contributed by atoms with van der Waals surface area (Å²) in [6.45, 7) is 2.54. The normalized spacial score (nSPS) is 14.4. The molecule has 3 rings (SSSR count). The minimum atomic E-state index is -0.442. The number of hydrogen-bond donors (Lipinski definition) is 2. The van der Waals surface area contributed by atoms with Gasteiger partial charge in [0.05, 0.1) is 16.4 Å². The van der Waals surface area contributed by atoms with Crippen LogP contribution in [0, 0.1) is 6.92 Å². The Balaban J connectivity index is 1.62. The summed E-state index contributed by atoms with van der Waals surface area (Å²) in [7, 11) is 0. The van der Waals surface area contributed by atoms with Crippen LogP contribution in [0.1, 0.15) is 17.8 Å². The number of carbonyl (C=O) groups is 3. The van der Waals surface area contributed by atoms with Crippen LogP contribution in [-0.2, 0) is 9.59 Å². The Morgan fingerprint density at radius 3 is 2.88 bits per heavy atom. The summed E-state index contributed by atoms with van der Waals surface area (Å²) in [5.74, 6) is -0.470. The largest absolute Gasteiger partial charge is 0.325 e. The van der Waals surface area contributed by atoms with Crippen molar-refractivity contribution in [3.05, 3.63) is 34.7 Å². The van der Waals surface area contributed by atoms with E-state index in [9.17, 15) is 14.4 Å². The summed E-state index contributed by atoms with van der Waals surface area (Å²) in [6, 6.07) is 7.04. The standard InChI is InChI=1S/C17H18N4O3S/c1-11-18-14(10-25-11)12-4-2-3-5-13(12)19-15(22)6-8-21-9-7-16(23)20-17(21)24/h2-5,10H,6-9H2,1H3,(H,19,22)(H,20,23,24). The number of nitrogens with zero attached hydrogens (tertiary/aromatic N) is 2. The second-order valence-electron chi connectivity index (χ2n) is 5.69. The third kappa shape index (κ3) is 4.21. The van der Waals surface area contributed by atoms with Gasteiger partial charge in [-0.1, -0.05) is 18.2 Å². The minimum absolute atomic E-state index is 0.159. The lowest BCUT2D eigenvalue weighted by Crippen LogP contribution is -2.50. The van der Waals surface area contributed by atoms with Crippen molar-refractivity contribution in [1.29, 1.82) is 0 Å². The van der Waals surface area contributed by atoms with Crippen molar-refractivity contribution in [3.63, 3.8) is 0 Å². The van der Waals surface area contributed by atoms with E-state index in [1.807, 2.05) is 36.6 Å². The third-order valence-electron chi connectivity index (χ3n) is 3.85. The molecule has 0 aliphatic carbocycles. The Hall–Kier alpha value is -2.74. The molecule has 1 aromatic carbocycles. The van der Waals surface area contributed by atoms with Gasteiger partial charge in [0.2, 0.25) is 11.8 Å². The maximum atomic E-state index is 12.3. The fourth-order valence-corrected chi connectivity index (χ4v) is 3.18. The van der Waals surface area contributed by atoms with Crippen LogP contribution in [0.15, 0.2) is 29.6 Å². The summed E-state index contributed by atoms with van der Waals surface area (Å²) in [4.78, 5) is 41.0. The van der Waals surface area contributed by atoms with Crippen molar-refractivity contribution >= 4 is 34.9 Å². The van der Waals surface area contributed by atoms with Gasteiger partial charge in [-0.25, -0.2) is 9.78 Å². The van der Waals surface area contributed by atoms with Gasteiger partial charge in [0, 0.05) is 36.9 Å². The molecule has 1 aliphatic rings. The molecule has 0 atom stereocenters. The Morgan fingerprint density at radius 1 is 1.36 bits per heavy atom. The van der Waals surface area contributed by atoms with Crippen LogP contribution in [0.4, 0.5) is 10.5 Å². The molecule has 2 aromatic rings. The first-order valence-electron chi connectivity index (χ1n) is 7.93. The first-order valence-corrected chi connectivity index (χ1v) is 8.81. The fraction of sp³-hybridized carbons (Fsp3) is 0.294. The van der Waals surface area contributed by atoms with Gasteiger partial charge in [-0.15, -0.1) is 11.3 Å². The van der Waals surface area contributed by atoms with E-state index < -0.39 is 6.03 Å². The zero-order chi connectivity index (χ0) is 17.8. The van der Waals surface area contributed by atoms with Crippen molar-refractivity contribution in [1.82, 2.24) is 15.2 Å². The molecular formula is C17H18N4O3S. The summed E-state index contributed by atoms with van der Waals surface area (Å²) < 4.78 is 0. The van der Waals surface area contributed by atoms with Crippen LogP contribution in [0.25, 0.3) is 11.3 Å². The molecule has 0 unspecified atom stereocenters. The van der Waals surface area contributed by atoms with E-state index in [0.29, 0.717) is 12.2 Å². The molecule has 1 saturated heterocycles. The SMILES string of the molecule is Cc1nc(-c2ccccc2NC(=O)CCN2CCC(=O)NC2=O)cs1. The second-order valence-corrected chi connectivity index (χ2v) is 6.75. The van der Waals surface area contributed by atoms with Crippen LogP contribution in [0.5, 0.6) is 0 Å². The Bertz CT molecular complexity index is 818. The van der Waals surface area contributed by atoms with E-state index in [2.05, 4.69) is 15.6 Å². The second kappa shape index (κ2) is 7.43. The van der Waals surface area contributed by atoms with Crippen molar-refractivity contribution in [2.24, 2.45) is 0 Å². The zero-order valence-electron chi connectivity index (χ0n) is 13.7. The number of rotatable bonds is 5. The number of aryl methyl sites for hydroxylation is 1.